The highest BCUT2D eigenvalue weighted by Crippen LogP contribution is 2.41. The number of nitriles is 1. The number of rotatable bonds is 6. The molecule has 1 N–H and O–H groups in total. The summed E-state index contributed by atoms with van der Waals surface area (Å²) in [7, 11) is -2.32. The Morgan fingerprint density at radius 2 is 2.00 bits per heavy atom. The number of ether oxygens (including phenoxy) is 1. The fraction of sp³-hybridized carbons (Fsp3) is 0.261. The van der Waals surface area contributed by atoms with Gasteiger partial charge < -0.3 is 9.64 Å². The van der Waals surface area contributed by atoms with E-state index in [1.54, 1.807) is 24.3 Å². The Morgan fingerprint density at radius 3 is 2.66 bits per heavy atom. The normalized spacial score (nSPS) is 16.7. The van der Waals surface area contributed by atoms with Crippen molar-refractivity contribution in [1.82, 2.24) is 4.90 Å². The van der Waals surface area contributed by atoms with Gasteiger partial charge in [-0.1, -0.05) is 23.7 Å². The maximum atomic E-state index is 13.5. The molecule has 3 aromatic rings. The van der Waals surface area contributed by atoms with Gasteiger partial charge in [-0.25, -0.2) is 8.42 Å². The molecule has 1 fully saturated rings. The minimum Gasteiger partial charge on any atom is -0.488 e. The lowest BCUT2D eigenvalue weighted by atomic mass is 10.1. The molecule has 35 heavy (non-hydrogen) atoms. The minimum absolute atomic E-state index is 0.0723. The SMILES string of the molecule is CN1CC[C@@H](Oc2cc(NS(=O)(=O)c3cc(Cl)c(-c4cccc(C#N)c4)s3)ccc2C(F)(F)F)C1. The van der Waals surface area contributed by atoms with Crippen LogP contribution in [0.15, 0.2) is 52.7 Å². The number of alkyl halides is 3. The highest BCUT2D eigenvalue weighted by atomic mass is 35.5. The number of likely N-dealkylation sites (tertiary alicyclic amines) is 1. The molecular weight excluding hydrogens is 523 g/mol. The maximum Gasteiger partial charge on any atom is 0.419 e. The Labute approximate surface area is 209 Å². The van der Waals surface area contributed by atoms with Crippen molar-refractivity contribution < 1.29 is 26.3 Å². The summed E-state index contributed by atoms with van der Waals surface area (Å²) in [6, 6.07) is 12.7. The molecule has 2 aromatic carbocycles. The third-order valence-electron chi connectivity index (χ3n) is 5.36. The molecule has 1 aromatic heterocycles. The molecule has 0 saturated carbocycles. The highest BCUT2D eigenvalue weighted by molar-refractivity contribution is 7.94. The molecular formula is C23H19ClF3N3O3S2. The van der Waals surface area contributed by atoms with Gasteiger partial charge in [-0.2, -0.15) is 18.4 Å². The molecule has 1 atom stereocenters. The molecule has 12 heteroatoms. The van der Waals surface area contributed by atoms with Crippen molar-refractivity contribution in [1.29, 1.82) is 5.26 Å². The monoisotopic (exact) mass is 541 g/mol. The molecule has 0 unspecified atom stereocenters. The molecule has 6 nitrogen and oxygen atoms in total. The van der Waals surface area contributed by atoms with Gasteiger partial charge in [0.15, 0.2) is 0 Å². The fourth-order valence-corrected chi connectivity index (χ4v) is 6.57. The smallest absolute Gasteiger partial charge is 0.419 e. The molecule has 2 heterocycles. The zero-order chi connectivity index (χ0) is 25.4. The van der Waals surface area contributed by atoms with Gasteiger partial charge in [0.2, 0.25) is 0 Å². The Morgan fingerprint density at radius 1 is 1.23 bits per heavy atom. The van der Waals surface area contributed by atoms with Crippen LogP contribution >= 0.6 is 22.9 Å². The van der Waals surface area contributed by atoms with Crippen LogP contribution in [-0.4, -0.2) is 39.6 Å². The van der Waals surface area contributed by atoms with Gasteiger partial charge >= 0.3 is 6.18 Å². The number of benzene rings is 2. The number of hydrogen-bond acceptors (Lipinski definition) is 6. The minimum atomic E-state index is -4.66. The number of hydrogen-bond donors (Lipinski definition) is 1. The summed E-state index contributed by atoms with van der Waals surface area (Å²) in [6.07, 6.45) is -4.53. The van der Waals surface area contributed by atoms with Gasteiger partial charge in [-0.05, 0) is 49.4 Å². The van der Waals surface area contributed by atoms with Crippen LogP contribution in [0, 0.1) is 11.3 Å². The first-order valence-electron chi connectivity index (χ1n) is 10.4. The van der Waals surface area contributed by atoms with E-state index in [2.05, 4.69) is 4.72 Å². The summed E-state index contributed by atoms with van der Waals surface area (Å²) in [6.45, 7) is 1.16. The quantitative estimate of drug-likeness (QED) is 0.424. The lowest BCUT2D eigenvalue weighted by molar-refractivity contribution is -0.139. The lowest BCUT2D eigenvalue weighted by Gasteiger charge is -2.19. The third-order valence-corrected chi connectivity index (χ3v) is 8.81. The van der Waals surface area contributed by atoms with E-state index < -0.39 is 33.6 Å². The number of halogens is 4. The van der Waals surface area contributed by atoms with Crippen LogP contribution in [-0.2, 0) is 16.2 Å². The van der Waals surface area contributed by atoms with Crippen LogP contribution in [0.5, 0.6) is 5.75 Å². The number of likely N-dealkylation sites (N-methyl/N-ethyl adjacent to an activating group) is 1. The Hall–Kier alpha value is -2.78. The summed E-state index contributed by atoms with van der Waals surface area (Å²) in [5, 5.41) is 9.28. The van der Waals surface area contributed by atoms with Crippen molar-refractivity contribution in [2.75, 3.05) is 24.9 Å². The van der Waals surface area contributed by atoms with E-state index in [-0.39, 0.29) is 14.9 Å². The number of thiophene rings is 1. The van der Waals surface area contributed by atoms with E-state index >= 15 is 0 Å². The van der Waals surface area contributed by atoms with Gasteiger partial charge in [0.25, 0.3) is 10.0 Å². The number of anilines is 1. The molecule has 0 radical (unpaired) electrons. The summed E-state index contributed by atoms with van der Waals surface area (Å²) in [5.41, 5.74) is -0.0850. The van der Waals surface area contributed by atoms with Gasteiger partial charge in [0, 0.05) is 19.2 Å². The lowest BCUT2D eigenvalue weighted by Crippen LogP contribution is -2.23. The summed E-state index contributed by atoms with van der Waals surface area (Å²) in [5.74, 6) is -0.434. The van der Waals surface area contributed by atoms with Crippen LogP contribution in [0.2, 0.25) is 5.02 Å². The van der Waals surface area contributed by atoms with Crippen LogP contribution in [0.25, 0.3) is 10.4 Å². The van der Waals surface area contributed by atoms with Gasteiger partial charge in [-0.15, -0.1) is 11.3 Å². The van der Waals surface area contributed by atoms with Crippen molar-refractivity contribution >= 4 is 38.6 Å². The van der Waals surface area contributed by atoms with Crippen molar-refractivity contribution in [3.63, 3.8) is 0 Å². The zero-order valence-electron chi connectivity index (χ0n) is 18.3. The van der Waals surface area contributed by atoms with Crippen molar-refractivity contribution in [2.24, 2.45) is 0 Å². The first-order chi connectivity index (χ1) is 16.5. The molecule has 184 valence electrons. The van der Waals surface area contributed by atoms with Gasteiger partial charge in [0.1, 0.15) is 16.1 Å². The first kappa shape index (κ1) is 25.3. The predicted octanol–water partition coefficient (Wildman–Crippen LogP) is 5.84. The second kappa shape index (κ2) is 9.70. The van der Waals surface area contributed by atoms with Crippen molar-refractivity contribution in [3.05, 3.63) is 64.7 Å². The van der Waals surface area contributed by atoms with Crippen LogP contribution in [0.4, 0.5) is 18.9 Å². The van der Waals surface area contributed by atoms with Crippen molar-refractivity contribution in [2.45, 2.75) is 22.9 Å². The number of sulfonamides is 1. The molecule has 4 rings (SSSR count). The fourth-order valence-electron chi connectivity index (χ4n) is 3.70. The summed E-state index contributed by atoms with van der Waals surface area (Å²) in [4.78, 5) is 2.39. The Bertz CT molecular complexity index is 1400. The van der Waals surface area contributed by atoms with E-state index in [9.17, 15) is 21.6 Å². The first-order valence-corrected chi connectivity index (χ1v) is 13.0. The van der Waals surface area contributed by atoms with Crippen LogP contribution in [0.3, 0.4) is 0 Å². The number of nitrogens with one attached hydrogen (secondary N) is 1. The van der Waals surface area contributed by atoms with E-state index in [1.165, 1.54) is 6.07 Å². The van der Waals surface area contributed by atoms with Crippen molar-refractivity contribution in [3.8, 4) is 22.3 Å². The molecule has 1 aliphatic rings. The molecule has 0 bridgehead atoms. The maximum absolute atomic E-state index is 13.5. The average molecular weight is 542 g/mol. The predicted molar refractivity (Wildman–Crippen MR) is 128 cm³/mol. The average Bonchev–Trinajstić information content (AvgIpc) is 3.38. The van der Waals surface area contributed by atoms with E-state index in [0.29, 0.717) is 35.5 Å². The molecule has 1 saturated heterocycles. The summed E-state index contributed by atoms with van der Waals surface area (Å²) >= 11 is 7.16. The molecule has 1 aliphatic heterocycles. The number of nitrogens with zero attached hydrogens (tertiary/aromatic N) is 2. The zero-order valence-corrected chi connectivity index (χ0v) is 20.7. The van der Waals surface area contributed by atoms with E-state index in [1.807, 2.05) is 18.0 Å². The highest BCUT2D eigenvalue weighted by Gasteiger charge is 2.36. The van der Waals surface area contributed by atoms with Crippen LogP contribution in [0.1, 0.15) is 17.5 Å². The second-order valence-corrected chi connectivity index (χ2v) is 11.4. The second-order valence-electron chi connectivity index (χ2n) is 8.04. The standard InChI is InChI=1S/C23H19ClF3N3O3S2/c1-30-8-7-17(13-30)33-20-10-16(5-6-18(20)23(25,26)27)29-35(31,32)21-11-19(24)22(34-21)15-4-2-3-14(9-15)12-28/h2-6,9-11,17,29H,7-8,13H2,1H3/t17-/m1/s1. The third kappa shape index (κ3) is 5.73. The molecule has 0 amide bonds. The Kier molecular flexibility index (Phi) is 7.02. The van der Waals surface area contributed by atoms with E-state index in [0.717, 1.165) is 29.5 Å². The molecule has 0 spiro atoms. The van der Waals surface area contributed by atoms with Gasteiger partial charge in [0.05, 0.1) is 32.8 Å². The topological polar surface area (TPSA) is 82.4 Å². The van der Waals surface area contributed by atoms with Crippen LogP contribution < -0.4 is 9.46 Å². The molecule has 0 aliphatic carbocycles. The largest absolute Gasteiger partial charge is 0.488 e. The van der Waals surface area contributed by atoms with E-state index in [4.69, 9.17) is 21.6 Å². The summed E-state index contributed by atoms with van der Waals surface area (Å²) < 4.78 is 74.5. The Balaban J connectivity index is 1.63. The van der Waals surface area contributed by atoms with Gasteiger partial charge in [-0.3, -0.25) is 4.72 Å².